The number of nitrogens with one attached hydrogen (secondary N) is 1. The first-order valence-corrected chi connectivity index (χ1v) is 6.49. The molecule has 1 N–H and O–H groups in total. The Balaban J connectivity index is 2.41. The van der Waals surface area contributed by atoms with Gasteiger partial charge in [-0.3, -0.25) is 0 Å². The van der Waals surface area contributed by atoms with E-state index in [1.165, 1.54) is 4.90 Å². The molecule has 0 fully saturated rings. The van der Waals surface area contributed by atoms with Crippen molar-refractivity contribution in [3.63, 3.8) is 0 Å². The highest BCUT2D eigenvalue weighted by Gasteiger charge is 2.04. The molecule has 0 radical (unpaired) electrons. The number of quaternary nitrogens is 1. The largest absolute Gasteiger partial charge is 0.488 e. The highest BCUT2D eigenvalue weighted by atomic mass is 35.5. The summed E-state index contributed by atoms with van der Waals surface area (Å²) < 4.78 is 5.72. The Morgan fingerprint density at radius 1 is 1.28 bits per heavy atom. The molecule has 0 aliphatic heterocycles. The van der Waals surface area contributed by atoms with Crippen molar-refractivity contribution in [2.45, 2.75) is 6.92 Å². The zero-order valence-electron chi connectivity index (χ0n) is 10.9. The second-order valence-corrected chi connectivity index (χ2v) is 4.65. The molecule has 18 heavy (non-hydrogen) atoms. The van der Waals surface area contributed by atoms with Crippen molar-refractivity contribution in [3.8, 4) is 5.75 Å². The molecule has 0 saturated heterocycles. The van der Waals surface area contributed by atoms with Crippen LogP contribution in [0.25, 0.3) is 0 Å². The van der Waals surface area contributed by atoms with Crippen LogP contribution in [0.2, 0.25) is 5.02 Å². The monoisotopic (exact) mass is 266 g/mol. The third kappa shape index (κ3) is 4.94. The number of hydrogen-bond acceptors (Lipinski definition) is 1. The highest BCUT2D eigenvalue weighted by Crippen LogP contribution is 2.20. The Bertz CT molecular complexity index is 393. The zero-order valence-corrected chi connectivity index (χ0v) is 11.7. The number of benzene rings is 1. The van der Waals surface area contributed by atoms with Crippen molar-refractivity contribution in [2.75, 3.05) is 26.2 Å². The molecule has 1 rings (SSSR count). The summed E-state index contributed by atoms with van der Waals surface area (Å²) in [5, 5.41) is 0.771. The summed E-state index contributed by atoms with van der Waals surface area (Å²) in [4.78, 5) is 1.39. The number of hydrogen-bond donors (Lipinski definition) is 1. The number of ether oxygens (including phenoxy) is 1. The van der Waals surface area contributed by atoms with E-state index in [9.17, 15) is 0 Å². The van der Waals surface area contributed by atoms with E-state index >= 15 is 0 Å². The van der Waals surface area contributed by atoms with Crippen molar-refractivity contribution < 1.29 is 9.64 Å². The van der Waals surface area contributed by atoms with E-state index in [0.29, 0.717) is 6.61 Å². The molecular formula is C15H21ClNO+. The van der Waals surface area contributed by atoms with Gasteiger partial charge in [0.05, 0.1) is 13.1 Å². The van der Waals surface area contributed by atoms with Crippen molar-refractivity contribution in [1.29, 1.82) is 0 Å². The minimum Gasteiger partial charge on any atom is -0.488 e. The van der Waals surface area contributed by atoms with E-state index in [2.05, 4.69) is 13.2 Å². The van der Waals surface area contributed by atoms with Gasteiger partial charge < -0.3 is 9.64 Å². The first-order chi connectivity index (χ1) is 8.67. The van der Waals surface area contributed by atoms with Gasteiger partial charge in [-0.2, -0.15) is 0 Å². The summed E-state index contributed by atoms with van der Waals surface area (Å²) in [5.74, 6) is 0.869. The van der Waals surface area contributed by atoms with Crippen LogP contribution in [0.5, 0.6) is 5.75 Å². The van der Waals surface area contributed by atoms with E-state index in [-0.39, 0.29) is 0 Å². The van der Waals surface area contributed by atoms with Gasteiger partial charge in [-0.25, -0.2) is 0 Å². The van der Waals surface area contributed by atoms with Gasteiger partial charge >= 0.3 is 0 Å². The van der Waals surface area contributed by atoms with Gasteiger partial charge in [-0.1, -0.05) is 24.8 Å². The fraction of sp³-hybridized carbons (Fsp3) is 0.333. The van der Waals surface area contributed by atoms with Gasteiger partial charge in [0.2, 0.25) is 0 Å². The predicted octanol–water partition coefficient (Wildman–Crippen LogP) is 2.28. The molecule has 0 saturated carbocycles. The van der Waals surface area contributed by atoms with Crippen LogP contribution in [0.1, 0.15) is 5.56 Å². The molecule has 0 unspecified atom stereocenters. The maximum absolute atomic E-state index is 5.97. The lowest BCUT2D eigenvalue weighted by molar-refractivity contribution is -0.888. The van der Waals surface area contributed by atoms with Crippen molar-refractivity contribution >= 4 is 11.6 Å². The Kier molecular flexibility index (Phi) is 6.55. The van der Waals surface area contributed by atoms with E-state index in [0.717, 1.165) is 36.0 Å². The third-order valence-corrected chi connectivity index (χ3v) is 3.14. The fourth-order valence-corrected chi connectivity index (χ4v) is 1.83. The average molecular weight is 267 g/mol. The predicted molar refractivity (Wildman–Crippen MR) is 77.6 cm³/mol. The van der Waals surface area contributed by atoms with Crippen molar-refractivity contribution in [1.82, 2.24) is 0 Å². The lowest BCUT2D eigenvalue weighted by Crippen LogP contribution is -3.12. The Morgan fingerprint density at radius 2 is 1.94 bits per heavy atom. The van der Waals surface area contributed by atoms with E-state index < -0.39 is 0 Å². The van der Waals surface area contributed by atoms with Crippen molar-refractivity contribution in [3.05, 3.63) is 54.1 Å². The first-order valence-electron chi connectivity index (χ1n) is 6.11. The molecule has 2 nitrogen and oxygen atoms in total. The number of aryl methyl sites for hydroxylation is 1. The normalized spacial score (nSPS) is 10.4. The molecule has 3 heteroatoms. The summed E-state index contributed by atoms with van der Waals surface area (Å²) in [7, 11) is 0. The molecule has 0 aromatic heterocycles. The van der Waals surface area contributed by atoms with Gasteiger partial charge in [-0.05, 0) is 42.8 Å². The fourth-order valence-electron chi connectivity index (χ4n) is 1.72. The molecule has 0 heterocycles. The molecule has 0 bridgehead atoms. The van der Waals surface area contributed by atoms with Gasteiger partial charge in [-0.15, -0.1) is 0 Å². The first kappa shape index (κ1) is 14.8. The highest BCUT2D eigenvalue weighted by molar-refractivity contribution is 6.31. The Labute approximate surface area is 115 Å². The summed E-state index contributed by atoms with van der Waals surface area (Å²) in [6, 6.07) is 5.73. The molecule has 98 valence electrons. The summed E-state index contributed by atoms with van der Waals surface area (Å²) in [5.41, 5.74) is 1.04. The van der Waals surface area contributed by atoms with Crippen LogP contribution in [0.4, 0.5) is 0 Å². The van der Waals surface area contributed by atoms with Crippen LogP contribution >= 0.6 is 11.6 Å². The van der Waals surface area contributed by atoms with E-state index in [4.69, 9.17) is 16.3 Å². The van der Waals surface area contributed by atoms with Crippen LogP contribution < -0.4 is 9.64 Å². The zero-order chi connectivity index (χ0) is 13.4. The average Bonchev–Trinajstić information content (AvgIpc) is 2.34. The second kappa shape index (κ2) is 7.96. The lowest BCUT2D eigenvalue weighted by atomic mass is 10.2. The van der Waals surface area contributed by atoms with Crippen LogP contribution in [-0.4, -0.2) is 26.2 Å². The summed E-state index contributed by atoms with van der Waals surface area (Å²) >= 11 is 5.97. The Morgan fingerprint density at radius 3 is 2.50 bits per heavy atom. The lowest BCUT2D eigenvalue weighted by Gasteiger charge is -2.16. The molecule has 0 spiro atoms. The number of rotatable bonds is 8. The second-order valence-electron chi connectivity index (χ2n) is 4.25. The van der Waals surface area contributed by atoms with Crippen LogP contribution in [0.15, 0.2) is 43.5 Å². The maximum Gasteiger partial charge on any atom is 0.137 e. The molecule has 1 aromatic carbocycles. The van der Waals surface area contributed by atoms with Crippen molar-refractivity contribution in [2.24, 2.45) is 0 Å². The minimum atomic E-state index is 0.679. The molecule has 0 aliphatic rings. The smallest absolute Gasteiger partial charge is 0.137 e. The third-order valence-electron chi connectivity index (χ3n) is 2.72. The Hall–Kier alpha value is -1.25. The van der Waals surface area contributed by atoms with Crippen LogP contribution in [0, 0.1) is 6.92 Å². The molecular weight excluding hydrogens is 246 g/mol. The molecule has 0 amide bonds. The maximum atomic E-state index is 5.97. The van der Waals surface area contributed by atoms with Gasteiger partial charge in [0.15, 0.2) is 0 Å². The molecule has 0 atom stereocenters. The quantitative estimate of drug-likeness (QED) is 0.713. The minimum absolute atomic E-state index is 0.679. The van der Waals surface area contributed by atoms with Gasteiger partial charge in [0, 0.05) is 5.02 Å². The molecule has 0 aliphatic carbocycles. The molecule has 1 aromatic rings. The SMILES string of the molecule is C=CC[NH+](CC=C)CCOc1ccc(Cl)c(C)c1. The topological polar surface area (TPSA) is 13.7 Å². The number of halogens is 1. The summed E-state index contributed by atoms with van der Waals surface area (Å²) in [6.45, 7) is 13.0. The van der Waals surface area contributed by atoms with Gasteiger partial charge in [0.25, 0.3) is 0 Å². The van der Waals surface area contributed by atoms with Crippen LogP contribution in [-0.2, 0) is 0 Å². The van der Waals surface area contributed by atoms with Gasteiger partial charge in [0.1, 0.15) is 18.9 Å². The standard InChI is InChI=1S/C15H20ClNO/c1-4-8-17(9-5-2)10-11-18-14-6-7-15(16)13(3)12-14/h4-7,12H,1-2,8-11H2,3H3/p+1. The van der Waals surface area contributed by atoms with E-state index in [1.807, 2.05) is 37.3 Å². The van der Waals surface area contributed by atoms with Crippen LogP contribution in [0.3, 0.4) is 0 Å². The van der Waals surface area contributed by atoms with E-state index in [1.54, 1.807) is 0 Å². The summed E-state index contributed by atoms with van der Waals surface area (Å²) in [6.07, 6.45) is 3.84.